The Morgan fingerprint density at radius 3 is 2.47 bits per heavy atom. The second-order valence-electron chi connectivity index (χ2n) is 4.74. The Morgan fingerprint density at radius 2 is 2.05 bits per heavy atom. The Hall–Kier alpha value is -1.41. The number of nitrogens with one attached hydrogen (secondary N) is 1. The lowest BCUT2D eigenvalue weighted by atomic mass is 10.1. The number of aromatic nitrogens is 2. The van der Waals surface area contributed by atoms with Crippen LogP contribution in [0.1, 0.15) is 49.3 Å². The molecular formula is C11H20N4O3S. The van der Waals surface area contributed by atoms with Gasteiger partial charge in [0.25, 0.3) is 5.91 Å². The van der Waals surface area contributed by atoms with E-state index in [0.29, 0.717) is 12.2 Å². The molecule has 0 fully saturated rings. The molecule has 8 heteroatoms. The molecule has 19 heavy (non-hydrogen) atoms. The molecule has 7 nitrogen and oxygen atoms in total. The average molecular weight is 288 g/mol. The predicted molar refractivity (Wildman–Crippen MR) is 71.3 cm³/mol. The normalized spacial score (nSPS) is 11.9. The highest BCUT2D eigenvalue weighted by Gasteiger charge is 2.29. The van der Waals surface area contributed by atoms with Gasteiger partial charge in [0, 0.05) is 13.6 Å². The summed E-state index contributed by atoms with van der Waals surface area (Å²) in [5.74, 6) is -0.576. The summed E-state index contributed by atoms with van der Waals surface area (Å²) in [5, 5.41) is 11.6. The van der Waals surface area contributed by atoms with E-state index in [1.54, 1.807) is 20.9 Å². The highest BCUT2D eigenvalue weighted by molar-refractivity contribution is 7.89. The summed E-state index contributed by atoms with van der Waals surface area (Å²) >= 11 is 0. The van der Waals surface area contributed by atoms with Crippen LogP contribution in [0, 0.1) is 0 Å². The van der Waals surface area contributed by atoms with Crippen LogP contribution in [0.5, 0.6) is 0 Å². The molecule has 0 saturated heterocycles. The lowest BCUT2D eigenvalue weighted by Crippen LogP contribution is -2.30. The molecule has 0 bridgehead atoms. The van der Waals surface area contributed by atoms with Crippen LogP contribution in [0.2, 0.25) is 0 Å². The molecule has 1 aromatic heterocycles. The van der Waals surface area contributed by atoms with Crippen LogP contribution >= 0.6 is 0 Å². The maximum atomic E-state index is 12.2. The van der Waals surface area contributed by atoms with Crippen molar-refractivity contribution in [3.05, 3.63) is 11.4 Å². The summed E-state index contributed by atoms with van der Waals surface area (Å²) in [6.07, 6.45) is 0.772. The third kappa shape index (κ3) is 3.32. The summed E-state index contributed by atoms with van der Waals surface area (Å²) in [7, 11) is -2.40. The van der Waals surface area contributed by atoms with Crippen LogP contribution in [0.4, 0.5) is 0 Å². The lowest BCUT2D eigenvalue weighted by Gasteiger charge is -2.15. The van der Waals surface area contributed by atoms with Gasteiger partial charge in [0.1, 0.15) is 4.90 Å². The van der Waals surface area contributed by atoms with E-state index >= 15 is 0 Å². The van der Waals surface area contributed by atoms with Crippen molar-refractivity contribution in [2.75, 3.05) is 13.6 Å². The van der Waals surface area contributed by atoms with E-state index in [9.17, 15) is 13.2 Å². The molecule has 1 rings (SSSR count). The molecule has 0 radical (unpaired) electrons. The van der Waals surface area contributed by atoms with E-state index in [1.807, 2.05) is 6.92 Å². The van der Waals surface area contributed by atoms with E-state index in [0.717, 1.165) is 6.42 Å². The molecule has 1 amide bonds. The Morgan fingerprint density at radius 1 is 1.47 bits per heavy atom. The average Bonchev–Trinajstić information content (AvgIpc) is 2.72. The molecule has 0 unspecified atom stereocenters. The summed E-state index contributed by atoms with van der Waals surface area (Å²) in [5.41, 5.74) is 0.220. The van der Waals surface area contributed by atoms with Crippen LogP contribution < -0.4 is 5.14 Å². The Labute approximate surface area is 113 Å². The van der Waals surface area contributed by atoms with Crippen LogP contribution in [0.15, 0.2) is 4.90 Å². The second kappa shape index (κ2) is 5.70. The van der Waals surface area contributed by atoms with E-state index in [1.165, 1.54) is 4.90 Å². The quantitative estimate of drug-likeness (QED) is 0.829. The van der Waals surface area contributed by atoms with Crippen molar-refractivity contribution in [2.24, 2.45) is 5.14 Å². The SMILES string of the molecule is CCCN(C)C(=O)c1n[nH]c(C(C)C)c1S(N)(=O)=O. The van der Waals surface area contributed by atoms with Gasteiger partial charge in [-0.25, -0.2) is 13.6 Å². The topological polar surface area (TPSA) is 109 Å². The minimum absolute atomic E-state index is 0.126. The predicted octanol–water partition coefficient (Wildman–Crippen LogP) is 0.662. The largest absolute Gasteiger partial charge is 0.340 e. The van der Waals surface area contributed by atoms with E-state index < -0.39 is 15.9 Å². The summed E-state index contributed by atoms with van der Waals surface area (Å²) in [6, 6.07) is 0. The third-order valence-electron chi connectivity index (χ3n) is 2.72. The minimum atomic E-state index is -4.00. The molecule has 0 aromatic carbocycles. The Kier molecular flexibility index (Phi) is 4.70. The standard InChI is InChI=1S/C11H20N4O3S/c1-5-6-15(4)11(16)9-10(19(12,17)18)8(7(2)3)13-14-9/h7H,5-6H2,1-4H3,(H,13,14)(H2,12,17,18). The third-order valence-corrected chi connectivity index (χ3v) is 3.70. The minimum Gasteiger partial charge on any atom is -0.340 e. The first-order valence-corrected chi connectivity index (χ1v) is 7.61. The number of hydrogen-bond acceptors (Lipinski definition) is 4. The van der Waals surface area contributed by atoms with Crippen LogP contribution in [0.25, 0.3) is 0 Å². The van der Waals surface area contributed by atoms with Gasteiger partial charge in [-0.05, 0) is 12.3 Å². The monoisotopic (exact) mass is 288 g/mol. The van der Waals surface area contributed by atoms with Gasteiger partial charge in [-0.1, -0.05) is 20.8 Å². The smallest absolute Gasteiger partial charge is 0.275 e. The van der Waals surface area contributed by atoms with Crippen LogP contribution in [0.3, 0.4) is 0 Å². The van der Waals surface area contributed by atoms with Gasteiger partial charge in [0.2, 0.25) is 10.0 Å². The summed E-state index contributed by atoms with van der Waals surface area (Å²) in [6.45, 7) is 6.04. The number of rotatable bonds is 5. The Balaban J connectivity index is 3.34. The number of carbonyl (C=O) groups excluding carboxylic acids is 1. The van der Waals surface area contributed by atoms with E-state index in [2.05, 4.69) is 10.2 Å². The molecule has 0 aliphatic rings. The van der Waals surface area contributed by atoms with Gasteiger partial charge >= 0.3 is 0 Å². The zero-order valence-electron chi connectivity index (χ0n) is 11.6. The first-order chi connectivity index (χ1) is 8.70. The van der Waals surface area contributed by atoms with E-state index in [-0.39, 0.29) is 16.5 Å². The molecule has 0 atom stereocenters. The molecule has 0 aliphatic heterocycles. The number of H-pyrrole nitrogens is 1. The van der Waals surface area contributed by atoms with Crippen molar-refractivity contribution in [3.63, 3.8) is 0 Å². The van der Waals surface area contributed by atoms with Gasteiger partial charge in [-0.3, -0.25) is 9.89 Å². The van der Waals surface area contributed by atoms with Gasteiger partial charge in [-0.15, -0.1) is 0 Å². The summed E-state index contributed by atoms with van der Waals surface area (Å²) < 4.78 is 23.3. The molecule has 1 heterocycles. The van der Waals surface area contributed by atoms with Crippen molar-refractivity contribution >= 4 is 15.9 Å². The number of carbonyl (C=O) groups is 1. The van der Waals surface area contributed by atoms with Crippen molar-refractivity contribution in [2.45, 2.75) is 38.0 Å². The number of aromatic amines is 1. The van der Waals surface area contributed by atoms with Crippen molar-refractivity contribution < 1.29 is 13.2 Å². The van der Waals surface area contributed by atoms with Crippen molar-refractivity contribution in [3.8, 4) is 0 Å². The molecule has 108 valence electrons. The molecule has 0 saturated carbocycles. The molecule has 0 aliphatic carbocycles. The molecular weight excluding hydrogens is 268 g/mol. The number of nitrogens with zero attached hydrogens (tertiary/aromatic N) is 2. The molecule has 0 spiro atoms. The van der Waals surface area contributed by atoms with Crippen LogP contribution in [-0.4, -0.2) is 43.0 Å². The fourth-order valence-electron chi connectivity index (χ4n) is 1.79. The maximum Gasteiger partial charge on any atom is 0.275 e. The lowest BCUT2D eigenvalue weighted by molar-refractivity contribution is 0.0785. The fourth-order valence-corrected chi connectivity index (χ4v) is 2.78. The maximum absolute atomic E-state index is 12.2. The first kappa shape index (κ1) is 15.6. The van der Waals surface area contributed by atoms with Gasteiger partial charge in [-0.2, -0.15) is 5.10 Å². The zero-order chi connectivity index (χ0) is 14.8. The van der Waals surface area contributed by atoms with Gasteiger partial charge in [0.05, 0.1) is 5.69 Å². The second-order valence-corrected chi connectivity index (χ2v) is 6.24. The Bertz CT molecular complexity index is 562. The molecule has 1 aromatic rings. The fraction of sp³-hybridized carbons (Fsp3) is 0.636. The highest BCUT2D eigenvalue weighted by atomic mass is 32.2. The van der Waals surface area contributed by atoms with Crippen molar-refractivity contribution in [1.29, 1.82) is 0 Å². The highest BCUT2D eigenvalue weighted by Crippen LogP contribution is 2.24. The zero-order valence-corrected chi connectivity index (χ0v) is 12.4. The van der Waals surface area contributed by atoms with Gasteiger partial charge in [0.15, 0.2) is 5.69 Å². The number of sulfonamides is 1. The van der Waals surface area contributed by atoms with Crippen LogP contribution in [-0.2, 0) is 10.0 Å². The number of amides is 1. The van der Waals surface area contributed by atoms with Gasteiger partial charge < -0.3 is 4.90 Å². The first-order valence-electron chi connectivity index (χ1n) is 6.06. The summed E-state index contributed by atoms with van der Waals surface area (Å²) in [4.78, 5) is 13.4. The number of primary sulfonamides is 1. The van der Waals surface area contributed by atoms with E-state index in [4.69, 9.17) is 5.14 Å². The van der Waals surface area contributed by atoms with Crippen molar-refractivity contribution in [1.82, 2.24) is 15.1 Å². The number of hydrogen-bond donors (Lipinski definition) is 2. The molecule has 3 N–H and O–H groups in total. The number of nitrogens with two attached hydrogens (primary N) is 1.